The van der Waals surface area contributed by atoms with Gasteiger partial charge in [0, 0.05) is 52.4 Å². The van der Waals surface area contributed by atoms with E-state index in [1.807, 2.05) is 30.5 Å². The summed E-state index contributed by atoms with van der Waals surface area (Å²) in [7, 11) is 0. The number of benzene rings is 3. The van der Waals surface area contributed by atoms with Crippen LogP contribution in [0.25, 0.3) is 10.9 Å². The summed E-state index contributed by atoms with van der Waals surface area (Å²) in [4.78, 5) is 24.0. The third kappa shape index (κ3) is 4.49. The van der Waals surface area contributed by atoms with Crippen molar-refractivity contribution in [2.45, 2.75) is 11.4 Å². The summed E-state index contributed by atoms with van der Waals surface area (Å²) in [5, 5.41) is 14.8. The fraction of sp³-hybridized carbons (Fsp3) is 0.125. The maximum absolute atomic E-state index is 12.5. The summed E-state index contributed by atoms with van der Waals surface area (Å²) in [6, 6.07) is 19.8. The fourth-order valence-corrected chi connectivity index (χ4v) is 4.58. The first kappa shape index (κ1) is 20.9. The van der Waals surface area contributed by atoms with E-state index >= 15 is 0 Å². The lowest BCUT2D eigenvalue weighted by molar-refractivity contribution is -0.384. The molecule has 1 amide bonds. The van der Waals surface area contributed by atoms with Crippen LogP contribution in [-0.2, 0) is 11.3 Å². The van der Waals surface area contributed by atoms with Gasteiger partial charge in [0.1, 0.15) is 0 Å². The number of nitro groups is 1. The molecule has 0 saturated heterocycles. The molecule has 2 heterocycles. The standard InChI is InChI=1S/C24H19N3O5S/c28-24(25-17-7-10-21-22(11-17)32-15-31-21)14-33-23-13-26(20-4-2-1-3-19(20)23)12-16-5-8-18(9-6-16)27(29)30/h1-11,13H,12,14-15H2,(H,25,28). The smallest absolute Gasteiger partial charge is 0.269 e. The largest absolute Gasteiger partial charge is 0.454 e. The molecule has 0 bridgehead atoms. The van der Waals surface area contributed by atoms with Crippen LogP contribution in [0.1, 0.15) is 5.56 Å². The van der Waals surface area contributed by atoms with Gasteiger partial charge in [-0.3, -0.25) is 14.9 Å². The number of carbonyl (C=O) groups is 1. The highest BCUT2D eigenvalue weighted by atomic mass is 32.2. The Morgan fingerprint density at radius 1 is 1.06 bits per heavy atom. The highest BCUT2D eigenvalue weighted by molar-refractivity contribution is 8.00. The molecule has 0 saturated carbocycles. The van der Waals surface area contributed by atoms with Crippen LogP contribution in [0.5, 0.6) is 11.5 Å². The zero-order valence-corrected chi connectivity index (χ0v) is 18.2. The lowest BCUT2D eigenvalue weighted by atomic mass is 10.2. The topological polar surface area (TPSA) is 95.6 Å². The Labute approximate surface area is 193 Å². The number of nitrogens with one attached hydrogen (secondary N) is 1. The minimum absolute atomic E-state index is 0.0702. The molecule has 9 heteroatoms. The zero-order valence-electron chi connectivity index (χ0n) is 17.4. The van der Waals surface area contributed by atoms with Crippen LogP contribution >= 0.6 is 11.8 Å². The quantitative estimate of drug-likeness (QED) is 0.235. The highest BCUT2D eigenvalue weighted by Crippen LogP contribution is 2.35. The number of ether oxygens (including phenoxy) is 2. The van der Waals surface area contributed by atoms with Gasteiger partial charge < -0.3 is 19.4 Å². The molecule has 0 fully saturated rings. The van der Waals surface area contributed by atoms with Crippen LogP contribution in [0.2, 0.25) is 0 Å². The van der Waals surface area contributed by atoms with E-state index in [2.05, 4.69) is 9.88 Å². The van der Waals surface area contributed by atoms with Gasteiger partial charge in [0.25, 0.3) is 5.69 Å². The normalized spacial score (nSPS) is 12.1. The van der Waals surface area contributed by atoms with Crippen molar-refractivity contribution < 1.29 is 19.2 Å². The minimum atomic E-state index is -0.405. The number of aromatic nitrogens is 1. The number of anilines is 1. The van der Waals surface area contributed by atoms with Gasteiger partial charge in [-0.1, -0.05) is 30.3 Å². The Morgan fingerprint density at radius 2 is 1.85 bits per heavy atom. The van der Waals surface area contributed by atoms with Crippen LogP contribution in [0.15, 0.2) is 77.8 Å². The summed E-state index contributed by atoms with van der Waals surface area (Å²) < 4.78 is 12.7. The molecule has 1 aromatic heterocycles. The number of nitro benzene ring substituents is 1. The number of nitrogens with zero attached hydrogens (tertiary/aromatic N) is 2. The lowest BCUT2D eigenvalue weighted by Gasteiger charge is -2.06. The average molecular weight is 461 g/mol. The van der Waals surface area contributed by atoms with Gasteiger partial charge in [-0.15, -0.1) is 11.8 Å². The van der Waals surface area contributed by atoms with Crippen molar-refractivity contribution in [3.8, 4) is 11.5 Å². The summed E-state index contributed by atoms with van der Waals surface area (Å²) in [5.41, 5.74) is 2.72. The van der Waals surface area contributed by atoms with Gasteiger partial charge in [0.2, 0.25) is 12.7 Å². The predicted octanol–water partition coefficient (Wildman–Crippen LogP) is 5.06. The highest BCUT2D eigenvalue weighted by Gasteiger charge is 2.15. The maximum atomic E-state index is 12.5. The molecule has 0 atom stereocenters. The third-order valence-electron chi connectivity index (χ3n) is 5.27. The number of para-hydroxylation sites is 1. The van der Waals surface area contributed by atoms with Crippen molar-refractivity contribution in [1.82, 2.24) is 4.57 Å². The Morgan fingerprint density at radius 3 is 2.67 bits per heavy atom. The van der Waals surface area contributed by atoms with E-state index < -0.39 is 4.92 Å². The van der Waals surface area contributed by atoms with Crippen molar-refractivity contribution in [1.29, 1.82) is 0 Å². The van der Waals surface area contributed by atoms with E-state index in [0.29, 0.717) is 23.7 Å². The molecule has 0 unspecified atom stereocenters. The number of hydrogen-bond donors (Lipinski definition) is 1. The monoisotopic (exact) mass is 461 g/mol. The number of rotatable bonds is 7. The Balaban J connectivity index is 1.29. The molecule has 3 aromatic carbocycles. The van der Waals surface area contributed by atoms with Gasteiger partial charge in [-0.05, 0) is 23.8 Å². The Bertz CT molecular complexity index is 1350. The zero-order chi connectivity index (χ0) is 22.8. The first-order chi connectivity index (χ1) is 16.1. The number of carbonyl (C=O) groups excluding carboxylic acids is 1. The molecule has 5 rings (SSSR count). The molecule has 0 radical (unpaired) electrons. The van der Waals surface area contributed by atoms with Crippen molar-refractivity contribution in [2.75, 3.05) is 17.9 Å². The van der Waals surface area contributed by atoms with E-state index in [1.54, 1.807) is 30.3 Å². The molecular formula is C24H19N3O5S. The Kier molecular flexibility index (Phi) is 5.62. The van der Waals surface area contributed by atoms with Crippen LogP contribution in [0.3, 0.4) is 0 Å². The minimum Gasteiger partial charge on any atom is -0.454 e. The lowest BCUT2D eigenvalue weighted by Crippen LogP contribution is -2.13. The molecule has 166 valence electrons. The van der Waals surface area contributed by atoms with Gasteiger partial charge >= 0.3 is 0 Å². The fourth-order valence-electron chi connectivity index (χ4n) is 3.69. The second kappa shape index (κ2) is 8.87. The van der Waals surface area contributed by atoms with Crippen LogP contribution in [0.4, 0.5) is 11.4 Å². The second-order valence-electron chi connectivity index (χ2n) is 7.47. The van der Waals surface area contributed by atoms with Gasteiger partial charge in [0.15, 0.2) is 11.5 Å². The first-order valence-corrected chi connectivity index (χ1v) is 11.2. The maximum Gasteiger partial charge on any atom is 0.269 e. The summed E-state index contributed by atoms with van der Waals surface area (Å²) in [6.45, 7) is 0.759. The molecular weight excluding hydrogens is 442 g/mol. The summed E-state index contributed by atoms with van der Waals surface area (Å²) in [5.74, 6) is 1.42. The van der Waals surface area contributed by atoms with Gasteiger partial charge in [-0.25, -0.2) is 0 Å². The molecule has 0 aliphatic carbocycles. The molecule has 0 spiro atoms. The molecule has 33 heavy (non-hydrogen) atoms. The number of hydrogen-bond acceptors (Lipinski definition) is 6. The number of fused-ring (bicyclic) bond motifs is 2. The second-order valence-corrected chi connectivity index (χ2v) is 8.48. The van der Waals surface area contributed by atoms with Crippen LogP contribution < -0.4 is 14.8 Å². The van der Waals surface area contributed by atoms with E-state index in [0.717, 1.165) is 21.4 Å². The van der Waals surface area contributed by atoms with Crippen molar-refractivity contribution in [2.24, 2.45) is 0 Å². The molecule has 1 aliphatic rings. The van der Waals surface area contributed by atoms with Crippen molar-refractivity contribution in [3.05, 3.63) is 88.6 Å². The van der Waals surface area contributed by atoms with Gasteiger partial charge in [-0.2, -0.15) is 0 Å². The summed E-state index contributed by atoms with van der Waals surface area (Å²) in [6.07, 6.45) is 2.02. The molecule has 4 aromatic rings. The third-order valence-corrected chi connectivity index (χ3v) is 6.31. The average Bonchev–Trinajstić information content (AvgIpc) is 3.42. The van der Waals surface area contributed by atoms with Crippen molar-refractivity contribution in [3.63, 3.8) is 0 Å². The van der Waals surface area contributed by atoms with Crippen molar-refractivity contribution >= 4 is 39.9 Å². The van der Waals surface area contributed by atoms with Gasteiger partial charge in [0.05, 0.1) is 10.7 Å². The summed E-state index contributed by atoms with van der Waals surface area (Å²) >= 11 is 1.46. The predicted molar refractivity (Wildman–Crippen MR) is 126 cm³/mol. The van der Waals surface area contributed by atoms with Crippen LogP contribution in [-0.4, -0.2) is 27.9 Å². The molecule has 8 nitrogen and oxygen atoms in total. The Hall–Kier alpha value is -3.98. The first-order valence-electron chi connectivity index (χ1n) is 10.2. The number of amides is 1. The van der Waals surface area contributed by atoms with E-state index in [-0.39, 0.29) is 24.1 Å². The van der Waals surface area contributed by atoms with E-state index in [9.17, 15) is 14.9 Å². The number of thioether (sulfide) groups is 1. The SMILES string of the molecule is O=C(CSc1cn(Cc2ccc([N+](=O)[O-])cc2)c2ccccc12)Nc1ccc2c(c1)OCO2. The molecule has 1 N–H and O–H groups in total. The van der Waals surface area contributed by atoms with E-state index in [4.69, 9.17) is 9.47 Å². The van der Waals surface area contributed by atoms with Crippen LogP contribution in [0, 0.1) is 10.1 Å². The number of non-ortho nitro benzene ring substituents is 1. The molecule has 1 aliphatic heterocycles. The van der Waals surface area contributed by atoms with E-state index in [1.165, 1.54) is 23.9 Å².